The summed E-state index contributed by atoms with van der Waals surface area (Å²) in [5.41, 5.74) is 5.61. The third kappa shape index (κ3) is 4.80. The number of alkyl halides is 3. The molecule has 3 rings (SSSR count). The first kappa shape index (κ1) is 21.7. The van der Waals surface area contributed by atoms with Crippen LogP contribution in [0.15, 0.2) is 66.8 Å². The summed E-state index contributed by atoms with van der Waals surface area (Å²) in [7, 11) is 0. The van der Waals surface area contributed by atoms with Gasteiger partial charge in [-0.1, -0.05) is 60.7 Å². The number of aryl methyl sites for hydroxylation is 1. The molecule has 0 atom stereocenters. The molecule has 0 radical (unpaired) electrons. The van der Waals surface area contributed by atoms with Gasteiger partial charge in [0.2, 0.25) is 0 Å². The lowest BCUT2D eigenvalue weighted by Gasteiger charge is -2.19. The first-order valence-electron chi connectivity index (χ1n) is 8.88. The maximum atomic E-state index is 13.3. The Kier molecular flexibility index (Phi) is 7.00. The minimum Gasteiger partial charge on any atom is -0.320 e. The number of hydrogen-bond acceptors (Lipinski definition) is 2. The highest BCUT2D eigenvalue weighted by atomic mass is 19.4. The summed E-state index contributed by atoms with van der Waals surface area (Å²) in [6.45, 7) is 8.01. The summed E-state index contributed by atoms with van der Waals surface area (Å²) < 4.78 is 39.8. The SMILES string of the molecule is C=C(C)c1cc(-c2ccc(C3=CCCC=C3C(F)(F)F)cc2)ccc1C.NO. The van der Waals surface area contributed by atoms with Gasteiger partial charge in [-0.2, -0.15) is 13.2 Å². The molecule has 0 saturated carbocycles. The molecule has 0 aliphatic heterocycles. The van der Waals surface area contributed by atoms with Crippen molar-refractivity contribution in [1.29, 1.82) is 0 Å². The Balaban J connectivity index is 0.00000136. The highest BCUT2D eigenvalue weighted by Gasteiger charge is 2.36. The fourth-order valence-corrected chi connectivity index (χ4v) is 3.32. The van der Waals surface area contributed by atoms with Gasteiger partial charge in [0.25, 0.3) is 0 Å². The van der Waals surface area contributed by atoms with Crippen LogP contribution in [0.5, 0.6) is 0 Å². The van der Waals surface area contributed by atoms with E-state index in [9.17, 15) is 13.2 Å². The van der Waals surface area contributed by atoms with Crippen molar-refractivity contribution in [1.82, 2.24) is 0 Å². The van der Waals surface area contributed by atoms with Crippen LogP contribution in [0.3, 0.4) is 0 Å². The predicted molar refractivity (Wildman–Crippen MR) is 109 cm³/mol. The zero-order valence-corrected chi connectivity index (χ0v) is 16.0. The Bertz CT molecular complexity index is 906. The zero-order chi connectivity index (χ0) is 20.9. The zero-order valence-electron chi connectivity index (χ0n) is 16.0. The fourth-order valence-electron chi connectivity index (χ4n) is 3.32. The van der Waals surface area contributed by atoms with Crippen LogP contribution in [0.2, 0.25) is 0 Å². The highest BCUT2D eigenvalue weighted by molar-refractivity contribution is 5.82. The molecule has 148 valence electrons. The van der Waals surface area contributed by atoms with Gasteiger partial charge in [-0.3, -0.25) is 0 Å². The van der Waals surface area contributed by atoms with Crippen molar-refractivity contribution in [3.8, 4) is 11.1 Å². The van der Waals surface area contributed by atoms with Crippen LogP contribution in [0.1, 0.15) is 36.5 Å². The summed E-state index contributed by atoms with van der Waals surface area (Å²) >= 11 is 0. The topological polar surface area (TPSA) is 46.2 Å². The molecule has 5 heteroatoms. The normalized spacial score (nSPS) is 13.8. The average molecular weight is 387 g/mol. The van der Waals surface area contributed by atoms with Crippen LogP contribution >= 0.6 is 0 Å². The Hall–Kier alpha value is -2.63. The summed E-state index contributed by atoms with van der Waals surface area (Å²) in [5.74, 6) is 3.50. The highest BCUT2D eigenvalue weighted by Crippen LogP contribution is 2.39. The Morgan fingerprint density at radius 1 is 0.929 bits per heavy atom. The molecule has 1 aliphatic carbocycles. The van der Waals surface area contributed by atoms with Crippen molar-refractivity contribution in [3.63, 3.8) is 0 Å². The van der Waals surface area contributed by atoms with Gasteiger partial charge in [0.15, 0.2) is 0 Å². The first-order chi connectivity index (χ1) is 13.3. The second-order valence-corrected chi connectivity index (χ2v) is 6.70. The third-order valence-electron chi connectivity index (χ3n) is 4.69. The van der Waals surface area contributed by atoms with Crippen molar-refractivity contribution in [2.24, 2.45) is 5.90 Å². The number of allylic oxidation sites excluding steroid dienone is 5. The Morgan fingerprint density at radius 3 is 2.04 bits per heavy atom. The molecule has 0 saturated heterocycles. The number of rotatable bonds is 3. The smallest absolute Gasteiger partial charge is 0.320 e. The molecule has 0 unspecified atom stereocenters. The molecule has 0 fully saturated rings. The third-order valence-corrected chi connectivity index (χ3v) is 4.69. The van der Waals surface area contributed by atoms with Crippen molar-refractivity contribution in [2.45, 2.75) is 32.9 Å². The molecule has 0 spiro atoms. The van der Waals surface area contributed by atoms with E-state index >= 15 is 0 Å². The Morgan fingerprint density at radius 2 is 1.46 bits per heavy atom. The largest absolute Gasteiger partial charge is 0.416 e. The molecule has 3 N–H and O–H groups in total. The van der Waals surface area contributed by atoms with Gasteiger partial charge in [-0.15, -0.1) is 0 Å². The monoisotopic (exact) mass is 387 g/mol. The molecule has 2 aromatic carbocycles. The molecule has 1 aliphatic rings. The maximum absolute atomic E-state index is 13.3. The van der Waals surface area contributed by atoms with Crippen LogP contribution in [-0.4, -0.2) is 11.4 Å². The van der Waals surface area contributed by atoms with Gasteiger partial charge in [-0.05, 0) is 66.1 Å². The summed E-state index contributed by atoms with van der Waals surface area (Å²) in [6, 6.07) is 13.4. The predicted octanol–water partition coefficient (Wildman–Crippen LogP) is 6.70. The molecule has 0 heterocycles. The van der Waals surface area contributed by atoms with E-state index in [0.29, 0.717) is 18.4 Å². The van der Waals surface area contributed by atoms with Crippen LogP contribution in [0, 0.1) is 6.92 Å². The van der Waals surface area contributed by atoms with Crippen molar-refractivity contribution >= 4 is 11.1 Å². The number of benzene rings is 2. The average Bonchev–Trinajstić information content (AvgIpc) is 2.69. The lowest BCUT2D eigenvalue weighted by Crippen LogP contribution is -2.15. The minimum atomic E-state index is -4.32. The van der Waals surface area contributed by atoms with Crippen molar-refractivity contribution < 1.29 is 18.4 Å². The van der Waals surface area contributed by atoms with Crippen molar-refractivity contribution in [2.75, 3.05) is 0 Å². The summed E-state index contributed by atoms with van der Waals surface area (Å²) in [5, 5.41) is 6.50. The van der Waals surface area contributed by atoms with Crippen LogP contribution in [0.25, 0.3) is 22.3 Å². The molecular weight excluding hydrogens is 363 g/mol. The van der Waals surface area contributed by atoms with Gasteiger partial charge in [0, 0.05) is 0 Å². The van der Waals surface area contributed by atoms with E-state index in [1.807, 2.05) is 38.1 Å². The summed E-state index contributed by atoms with van der Waals surface area (Å²) in [6.07, 6.45) is -0.274. The molecule has 0 aromatic heterocycles. The van der Waals surface area contributed by atoms with Gasteiger partial charge < -0.3 is 5.21 Å². The van der Waals surface area contributed by atoms with E-state index in [-0.39, 0.29) is 5.57 Å². The van der Waals surface area contributed by atoms with Crippen molar-refractivity contribution in [3.05, 3.63) is 83.5 Å². The Labute approximate surface area is 163 Å². The van der Waals surface area contributed by atoms with E-state index in [1.54, 1.807) is 18.2 Å². The lowest BCUT2D eigenvalue weighted by atomic mass is 9.90. The molecule has 0 amide bonds. The van der Waals surface area contributed by atoms with E-state index in [1.165, 1.54) is 6.08 Å². The van der Waals surface area contributed by atoms with E-state index in [2.05, 4.69) is 18.5 Å². The quantitative estimate of drug-likeness (QED) is 0.576. The lowest BCUT2D eigenvalue weighted by molar-refractivity contribution is -0.0874. The molecular formula is C23H24F3NO. The molecule has 2 nitrogen and oxygen atoms in total. The fraction of sp³-hybridized carbons (Fsp3) is 0.217. The van der Waals surface area contributed by atoms with Gasteiger partial charge in [0.1, 0.15) is 0 Å². The minimum absolute atomic E-state index is 0.279. The van der Waals surface area contributed by atoms with E-state index < -0.39 is 11.7 Å². The second kappa shape index (κ2) is 9.04. The van der Waals surface area contributed by atoms with Gasteiger partial charge in [-0.25, -0.2) is 5.90 Å². The summed E-state index contributed by atoms with van der Waals surface area (Å²) in [4.78, 5) is 0. The first-order valence-corrected chi connectivity index (χ1v) is 8.88. The number of nitrogens with two attached hydrogens (primary N) is 1. The number of halogens is 3. The standard InChI is InChI=1S/C23H21F3.H3NO/c1-15(2)21-14-19(9-8-16(21)3)17-10-12-18(13-11-17)20-6-4-5-7-22(20)23(24,25)26;1-2/h6-14H,1,4-5H2,2-3H3;2H,1H2. The van der Waals surface area contributed by atoms with Crippen LogP contribution in [0.4, 0.5) is 13.2 Å². The second-order valence-electron chi connectivity index (χ2n) is 6.70. The molecule has 0 bridgehead atoms. The number of hydrogen-bond donors (Lipinski definition) is 2. The van der Waals surface area contributed by atoms with E-state index in [4.69, 9.17) is 5.21 Å². The van der Waals surface area contributed by atoms with Crippen LogP contribution in [-0.2, 0) is 0 Å². The maximum Gasteiger partial charge on any atom is 0.416 e. The van der Waals surface area contributed by atoms with Crippen LogP contribution < -0.4 is 5.90 Å². The molecule has 28 heavy (non-hydrogen) atoms. The van der Waals surface area contributed by atoms with Gasteiger partial charge >= 0.3 is 6.18 Å². The van der Waals surface area contributed by atoms with Gasteiger partial charge in [0.05, 0.1) is 5.57 Å². The van der Waals surface area contributed by atoms with E-state index in [0.717, 1.165) is 27.8 Å². The molecule has 2 aromatic rings.